The Morgan fingerprint density at radius 3 is 1.33 bits per heavy atom. The first-order valence-corrected chi connectivity index (χ1v) is 9.93. The summed E-state index contributed by atoms with van der Waals surface area (Å²) in [6.45, 7) is 0. The molecule has 2 amide bonds. The van der Waals surface area contributed by atoms with Crippen molar-refractivity contribution in [1.82, 2.24) is 0 Å². The summed E-state index contributed by atoms with van der Waals surface area (Å²) in [6, 6.07) is 24.7. The van der Waals surface area contributed by atoms with Crippen LogP contribution in [0.4, 0.5) is 11.4 Å². The molecule has 0 bridgehead atoms. The Hall–Kier alpha value is -3.34. The first-order chi connectivity index (χ1) is 14.5. The maximum atomic E-state index is 12.7. The number of rotatable bonds is 4. The van der Waals surface area contributed by atoms with Crippen molar-refractivity contribution in [2.24, 2.45) is 0 Å². The molecule has 2 N–H and O–H groups in total. The summed E-state index contributed by atoms with van der Waals surface area (Å²) in [4.78, 5) is 25.4. The van der Waals surface area contributed by atoms with E-state index in [1.165, 1.54) is 0 Å². The topological polar surface area (TPSA) is 58.2 Å². The molecule has 0 heterocycles. The Morgan fingerprint density at radius 2 is 0.933 bits per heavy atom. The molecule has 0 aliphatic heterocycles. The van der Waals surface area contributed by atoms with E-state index < -0.39 is 0 Å². The Morgan fingerprint density at radius 1 is 0.533 bits per heavy atom. The van der Waals surface area contributed by atoms with Crippen LogP contribution in [0.25, 0.3) is 10.8 Å². The van der Waals surface area contributed by atoms with Gasteiger partial charge in [0, 0.05) is 22.1 Å². The molecule has 0 unspecified atom stereocenters. The van der Waals surface area contributed by atoms with E-state index in [9.17, 15) is 9.59 Å². The van der Waals surface area contributed by atoms with E-state index >= 15 is 0 Å². The van der Waals surface area contributed by atoms with Crippen molar-refractivity contribution in [2.75, 3.05) is 10.6 Å². The van der Waals surface area contributed by atoms with Crippen LogP contribution < -0.4 is 10.6 Å². The van der Waals surface area contributed by atoms with Crippen LogP contribution in [-0.4, -0.2) is 11.8 Å². The lowest BCUT2D eigenvalue weighted by atomic mass is 10.1. The molecule has 0 fully saturated rings. The van der Waals surface area contributed by atoms with Crippen molar-refractivity contribution in [2.45, 2.75) is 0 Å². The molecule has 0 saturated heterocycles. The van der Waals surface area contributed by atoms with Gasteiger partial charge in [0.1, 0.15) is 0 Å². The van der Waals surface area contributed by atoms with Crippen LogP contribution in [0.3, 0.4) is 0 Å². The molecule has 4 nitrogen and oxygen atoms in total. The SMILES string of the molecule is O=C(Nc1cccc2c(NC(=O)c3ccccc3Cl)cccc12)c1ccccc1Cl. The standard InChI is InChI=1S/C24H16Cl2N2O2/c25-19-11-3-1-7-17(19)23(29)27-21-13-5-10-16-15(21)9-6-14-22(16)28-24(30)18-8-2-4-12-20(18)26/h1-14H,(H,27,29)(H,28,30). The minimum absolute atomic E-state index is 0.307. The summed E-state index contributed by atoms with van der Waals surface area (Å²) in [5.41, 5.74) is 2.01. The average Bonchev–Trinajstić information content (AvgIpc) is 2.75. The number of hydrogen-bond donors (Lipinski definition) is 2. The Bertz CT molecular complexity index is 1170. The number of benzene rings is 4. The maximum Gasteiger partial charge on any atom is 0.257 e. The molecule has 148 valence electrons. The zero-order chi connectivity index (χ0) is 21.1. The molecule has 0 radical (unpaired) electrons. The summed E-state index contributed by atoms with van der Waals surface area (Å²) in [5.74, 6) is -0.614. The highest BCUT2D eigenvalue weighted by Gasteiger charge is 2.14. The molecular weight excluding hydrogens is 419 g/mol. The van der Waals surface area contributed by atoms with Gasteiger partial charge in [0.2, 0.25) is 0 Å². The highest BCUT2D eigenvalue weighted by atomic mass is 35.5. The molecule has 0 spiro atoms. The quantitative estimate of drug-likeness (QED) is 0.377. The lowest BCUT2D eigenvalue weighted by Crippen LogP contribution is -2.14. The first kappa shape index (κ1) is 20.0. The van der Waals surface area contributed by atoms with Gasteiger partial charge in [0.15, 0.2) is 0 Å². The first-order valence-electron chi connectivity index (χ1n) is 9.18. The number of carbonyl (C=O) groups is 2. The van der Waals surface area contributed by atoms with Crippen LogP contribution in [0, 0.1) is 0 Å². The van der Waals surface area contributed by atoms with Gasteiger partial charge in [-0.25, -0.2) is 0 Å². The fraction of sp³-hybridized carbons (Fsp3) is 0. The second-order valence-electron chi connectivity index (χ2n) is 6.57. The lowest BCUT2D eigenvalue weighted by molar-refractivity contribution is 0.101. The number of carbonyl (C=O) groups excluding carboxylic acids is 2. The van der Waals surface area contributed by atoms with Crippen LogP contribution in [0.2, 0.25) is 10.0 Å². The molecule has 0 aliphatic rings. The smallest absolute Gasteiger partial charge is 0.257 e. The second-order valence-corrected chi connectivity index (χ2v) is 7.39. The van der Waals surface area contributed by atoms with Gasteiger partial charge in [0.25, 0.3) is 11.8 Å². The third-order valence-electron chi connectivity index (χ3n) is 4.66. The third kappa shape index (κ3) is 4.01. The largest absolute Gasteiger partial charge is 0.321 e. The predicted molar refractivity (Wildman–Crippen MR) is 123 cm³/mol. The normalized spacial score (nSPS) is 10.6. The van der Waals surface area contributed by atoms with E-state index in [0.29, 0.717) is 32.5 Å². The highest BCUT2D eigenvalue weighted by molar-refractivity contribution is 6.35. The fourth-order valence-corrected chi connectivity index (χ4v) is 3.64. The summed E-state index contributed by atoms with van der Waals surface area (Å²) >= 11 is 12.3. The minimum atomic E-state index is -0.307. The second kappa shape index (κ2) is 8.57. The monoisotopic (exact) mass is 434 g/mol. The van der Waals surface area contributed by atoms with Crippen LogP contribution in [0.5, 0.6) is 0 Å². The zero-order valence-corrected chi connectivity index (χ0v) is 17.2. The Kier molecular flexibility index (Phi) is 5.70. The van der Waals surface area contributed by atoms with Crippen molar-refractivity contribution < 1.29 is 9.59 Å². The molecule has 0 aromatic heterocycles. The molecule has 0 saturated carbocycles. The van der Waals surface area contributed by atoms with Crippen molar-refractivity contribution in [3.63, 3.8) is 0 Å². The number of fused-ring (bicyclic) bond motifs is 1. The van der Waals surface area contributed by atoms with Crippen LogP contribution in [0.15, 0.2) is 84.9 Å². The van der Waals surface area contributed by atoms with E-state index in [0.717, 1.165) is 10.8 Å². The molecule has 4 aromatic rings. The van der Waals surface area contributed by atoms with Crippen molar-refractivity contribution in [3.05, 3.63) is 106 Å². The third-order valence-corrected chi connectivity index (χ3v) is 5.31. The molecule has 6 heteroatoms. The zero-order valence-electron chi connectivity index (χ0n) is 15.7. The van der Waals surface area contributed by atoms with Crippen molar-refractivity contribution in [3.8, 4) is 0 Å². The predicted octanol–water partition coefficient (Wildman–Crippen LogP) is 6.65. The number of halogens is 2. The average molecular weight is 435 g/mol. The fourth-order valence-electron chi connectivity index (χ4n) is 3.20. The summed E-state index contributed by atoms with van der Waals surface area (Å²) < 4.78 is 0. The van der Waals surface area contributed by atoms with Crippen molar-refractivity contribution >= 4 is 57.2 Å². The van der Waals surface area contributed by atoms with Gasteiger partial charge >= 0.3 is 0 Å². The van der Waals surface area contributed by atoms with E-state index in [4.69, 9.17) is 23.2 Å². The van der Waals surface area contributed by atoms with Gasteiger partial charge < -0.3 is 10.6 Å². The summed E-state index contributed by atoms with van der Waals surface area (Å²) in [7, 11) is 0. The van der Waals surface area contributed by atoms with Crippen molar-refractivity contribution in [1.29, 1.82) is 0 Å². The highest BCUT2D eigenvalue weighted by Crippen LogP contribution is 2.30. The summed E-state index contributed by atoms with van der Waals surface area (Å²) in [6.07, 6.45) is 0. The molecule has 0 atom stereocenters. The maximum absolute atomic E-state index is 12.7. The van der Waals surface area contributed by atoms with E-state index in [-0.39, 0.29) is 11.8 Å². The van der Waals surface area contributed by atoms with E-state index in [1.807, 2.05) is 24.3 Å². The number of amides is 2. The van der Waals surface area contributed by atoms with Crippen LogP contribution in [0.1, 0.15) is 20.7 Å². The van der Waals surface area contributed by atoms with Gasteiger partial charge in [0.05, 0.1) is 21.2 Å². The van der Waals surface area contributed by atoms with Crippen LogP contribution >= 0.6 is 23.2 Å². The molecule has 4 rings (SSSR count). The van der Waals surface area contributed by atoms with E-state index in [1.54, 1.807) is 60.7 Å². The van der Waals surface area contributed by atoms with Gasteiger partial charge in [-0.1, -0.05) is 71.7 Å². The van der Waals surface area contributed by atoms with Gasteiger partial charge in [-0.05, 0) is 36.4 Å². The summed E-state index contributed by atoms with van der Waals surface area (Å²) in [5, 5.41) is 8.14. The Balaban J connectivity index is 1.67. The number of hydrogen-bond acceptors (Lipinski definition) is 2. The number of nitrogens with one attached hydrogen (secondary N) is 2. The molecule has 30 heavy (non-hydrogen) atoms. The lowest BCUT2D eigenvalue weighted by Gasteiger charge is -2.13. The molecule has 0 aliphatic carbocycles. The van der Waals surface area contributed by atoms with Gasteiger partial charge in [-0.2, -0.15) is 0 Å². The molecule has 4 aromatic carbocycles. The number of anilines is 2. The van der Waals surface area contributed by atoms with E-state index in [2.05, 4.69) is 10.6 Å². The van der Waals surface area contributed by atoms with Crippen LogP contribution in [-0.2, 0) is 0 Å². The Labute approximate surface area is 183 Å². The van der Waals surface area contributed by atoms with Gasteiger partial charge in [-0.15, -0.1) is 0 Å². The van der Waals surface area contributed by atoms with Gasteiger partial charge in [-0.3, -0.25) is 9.59 Å². The molecular formula is C24H16Cl2N2O2. The minimum Gasteiger partial charge on any atom is -0.321 e.